The molecule has 3 nitrogen and oxygen atoms in total. The van der Waals surface area contributed by atoms with Gasteiger partial charge in [0.15, 0.2) is 0 Å². The molecule has 124 valence electrons. The van der Waals surface area contributed by atoms with Crippen LogP contribution >= 0.6 is 0 Å². The second kappa shape index (κ2) is 6.88. The third kappa shape index (κ3) is 3.84. The Morgan fingerprint density at radius 3 is 2.65 bits per heavy atom. The molecule has 0 aliphatic carbocycles. The minimum absolute atomic E-state index is 0.325. The average molecular weight is 312 g/mol. The first-order chi connectivity index (χ1) is 11.1. The van der Waals surface area contributed by atoms with Gasteiger partial charge in [-0.15, -0.1) is 0 Å². The summed E-state index contributed by atoms with van der Waals surface area (Å²) in [6.07, 6.45) is 7.36. The smallest absolute Gasteiger partial charge is 0.222 e. The SMILES string of the molecule is C=Cc1cccc(CN2CCC3(CCC(=O)N(C)CC3)CC2)c1. The van der Waals surface area contributed by atoms with Gasteiger partial charge < -0.3 is 4.90 Å². The van der Waals surface area contributed by atoms with Crippen LogP contribution < -0.4 is 0 Å². The monoisotopic (exact) mass is 312 g/mol. The minimum Gasteiger partial charge on any atom is -0.346 e. The number of carbonyl (C=O) groups excluding carboxylic acids is 1. The third-order valence-electron chi connectivity index (χ3n) is 5.78. The van der Waals surface area contributed by atoms with Gasteiger partial charge in [-0.2, -0.15) is 0 Å². The first-order valence-electron chi connectivity index (χ1n) is 8.78. The molecule has 1 aromatic rings. The molecule has 3 rings (SSSR count). The van der Waals surface area contributed by atoms with Crippen LogP contribution in [0.1, 0.15) is 43.2 Å². The van der Waals surface area contributed by atoms with Gasteiger partial charge in [0, 0.05) is 26.6 Å². The lowest BCUT2D eigenvalue weighted by molar-refractivity contribution is -0.129. The Hall–Kier alpha value is -1.61. The van der Waals surface area contributed by atoms with Crippen molar-refractivity contribution >= 4 is 12.0 Å². The zero-order valence-electron chi connectivity index (χ0n) is 14.3. The summed E-state index contributed by atoms with van der Waals surface area (Å²) < 4.78 is 0. The predicted octanol–water partition coefficient (Wildman–Crippen LogP) is 3.55. The minimum atomic E-state index is 0.325. The Bertz CT molecular complexity index is 573. The fourth-order valence-corrected chi connectivity index (χ4v) is 3.98. The fraction of sp³-hybridized carbons (Fsp3) is 0.550. The molecule has 0 unspecified atom stereocenters. The second-order valence-electron chi connectivity index (χ2n) is 7.29. The van der Waals surface area contributed by atoms with Gasteiger partial charge in [-0.05, 0) is 55.3 Å². The Morgan fingerprint density at radius 2 is 1.91 bits per heavy atom. The third-order valence-corrected chi connectivity index (χ3v) is 5.78. The Balaban J connectivity index is 1.57. The molecule has 0 bridgehead atoms. The zero-order valence-corrected chi connectivity index (χ0v) is 14.3. The number of hydrogen-bond acceptors (Lipinski definition) is 2. The van der Waals surface area contributed by atoms with Crippen molar-refractivity contribution < 1.29 is 4.79 Å². The summed E-state index contributed by atoms with van der Waals surface area (Å²) in [7, 11) is 1.95. The summed E-state index contributed by atoms with van der Waals surface area (Å²) in [5, 5.41) is 0. The zero-order chi connectivity index (χ0) is 16.3. The molecule has 1 spiro atoms. The van der Waals surface area contributed by atoms with E-state index >= 15 is 0 Å². The van der Waals surface area contributed by atoms with E-state index in [-0.39, 0.29) is 0 Å². The van der Waals surface area contributed by atoms with E-state index in [4.69, 9.17) is 0 Å². The Morgan fingerprint density at radius 1 is 1.17 bits per heavy atom. The van der Waals surface area contributed by atoms with Gasteiger partial charge in [-0.3, -0.25) is 9.69 Å². The highest BCUT2D eigenvalue weighted by Gasteiger charge is 2.37. The van der Waals surface area contributed by atoms with Crippen LogP contribution in [-0.2, 0) is 11.3 Å². The van der Waals surface area contributed by atoms with Crippen molar-refractivity contribution in [2.75, 3.05) is 26.7 Å². The first-order valence-corrected chi connectivity index (χ1v) is 8.78. The average Bonchev–Trinajstić information content (AvgIpc) is 2.72. The molecular weight excluding hydrogens is 284 g/mol. The topological polar surface area (TPSA) is 23.6 Å². The molecule has 2 heterocycles. The molecule has 23 heavy (non-hydrogen) atoms. The summed E-state index contributed by atoms with van der Waals surface area (Å²) in [5.41, 5.74) is 2.97. The standard InChI is InChI=1S/C20H28N2O/c1-3-17-5-4-6-18(15-17)16-22-13-10-20(11-14-22)8-7-19(23)21(2)12-9-20/h3-6,15H,1,7-14,16H2,2H3. The van der Waals surface area contributed by atoms with Crippen LogP contribution in [0.15, 0.2) is 30.8 Å². The van der Waals surface area contributed by atoms with Gasteiger partial charge in [0.1, 0.15) is 0 Å². The van der Waals surface area contributed by atoms with Crippen LogP contribution in [0.5, 0.6) is 0 Å². The van der Waals surface area contributed by atoms with Crippen LogP contribution in [0.25, 0.3) is 6.08 Å². The number of benzene rings is 1. The first kappa shape index (κ1) is 16.3. The predicted molar refractivity (Wildman–Crippen MR) is 95.0 cm³/mol. The maximum absolute atomic E-state index is 11.9. The van der Waals surface area contributed by atoms with E-state index < -0.39 is 0 Å². The number of nitrogens with zero attached hydrogens (tertiary/aromatic N) is 2. The highest BCUT2D eigenvalue weighted by molar-refractivity contribution is 5.76. The fourth-order valence-electron chi connectivity index (χ4n) is 3.98. The van der Waals surface area contributed by atoms with E-state index in [1.165, 1.54) is 30.4 Å². The van der Waals surface area contributed by atoms with Gasteiger partial charge in [-0.1, -0.05) is 36.9 Å². The van der Waals surface area contributed by atoms with Crippen LogP contribution in [-0.4, -0.2) is 42.4 Å². The van der Waals surface area contributed by atoms with Crippen molar-refractivity contribution in [3.8, 4) is 0 Å². The molecule has 2 aliphatic heterocycles. The highest BCUT2D eigenvalue weighted by atomic mass is 16.2. The van der Waals surface area contributed by atoms with E-state index in [1.54, 1.807) is 0 Å². The van der Waals surface area contributed by atoms with Crippen LogP contribution in [0.4, 0.5) is 0 Å². The molecule has 2 saturated heterocycles. The molecule has 0 radical (unpaired) electrons. The van der Waals surface area contributed by atoms with Crippen LogP contribution in [0.3, 0.4) is 0 Å². The van der Waals surface area contributed by atoms with Crippen LogP contribution in [0, 0.1) is 5.41 Å². The second-order valence-corrected chi connectivity index (χ2v) is 7.29. The number of piperidine rings is 1. The van der Waals surface area contributed by atoms with E-state index in [0.29, 0.717) is 11.3 Å². The molecule has 3 heteroatoms. The summed E-state index contributed by atoms with van der Waals surface area (Å²) in [5.74, 6) is 0.325. The van der Waals surface area contributed by atoms with Crippen molar-refractivity contribution in [1.82, 2.24) is 9.80 Å². The number of likely N-dealkylation sites (tertiary alicyclic amines) is 2. The largest absolute Gasteiger partial charge is 0.346 e. The van der Waals surface area contributed by atoms with Gasteiger partial charge in [0.25, 0.3) is 0 Å². The molecule has 2 aliphatic rings. The Labute approximate surface area is 140 Å². The molecule has 0 aromatic heterocycles. The highest BCUT2D eigenvalue weighted by Crippen LogP contribution is 2.41. The molecular formula is C20H28N2O. The molecule has 1 amide bonds. The summed E-state index contributed by atoms with van der Waals surface area (Å²) in [6, 6.07) is 8.65. The normalized spacial score (nSPS) is 22.1. The van der Waals surface area contributed by atoms with E-state index in [0.717, 1.165) is 39.0 Å². The van der Waals surface area contributed by atoms with E-state index in [9.17, 15) is 4.79 Å². The van der Waals surface area contributed by atoms with Crippen LogP contribution in [0.2, 0.25) is 0 Å². The van der Waals surface area contributed by atoms with Crippen molar-refractivity contribution in [3.05, 3.63) is 42.0 Å². The molecule has 0 N–H and O–H groups in total. The molecule has 0 atom stereocenters. The molecule has 2 fully saturated rings. The van der Waals surface area contributed by atoms with E-state index in [1.807, 2.05) is 18.0 Å². The number of hydrogen-bond donors (Lipinski definition) is 0. The lowest BCUT2D eigenvalue weighted by Crippen LogP contribution is -2.40. The lowest BCUT2D eigenvalue weighted by Gasteiger charge is -2.41. The van der Waals surface area contributed by atoms with Crippen molar-refractivity contribution in [2.45, 2.75) is 38.6 Å². The van der Waals surface area contributed by atoms with Crippen molar-refractivity contribution in [2.24, 2.45) is 5.41 Å². The van der Waals surface area contributed by atoms with Gasteiger partial charge >= 0.3 is 0 Å². The summed E-state index contributed by atoms with van der Waals surface area (Å²) in [4.78, 5) is 16.4. The van der Waals surface area contributed by atoms with Crippen molar-refractivity contribution in [1.29, 1.82) is 0 Å². The Kier molecular flexibility index (Phi) is 4.86. The van der Waals surface area contributed by atoms with Gasteiger partial charge in [0.05, 0.1) is 0 Å². The lowest BCUT2D eigenvalue weighted by atomic mass is 9.73. The molecule has 0 saturated carbocycles. The van der Waals surface area contributed by atoms with Gasteiger partial charge in [0.2, 0.25) is 5.91 Å². The maximum atomic E-state index is 11.9. The number of rotatable bonds is 3. The van der Waals surface area contributed by atoms with Crippen molar-refractivity contribution in [3.63, 3.8) is 0 Å². The quantitative estimate of drug-likeness (QED) is 0.852. The van der Waals surface area contributed by atoms with E-state index in [2.05, 4.69) is 35.7 Å². The summed E-state index contributed by atoms with van der Waals surface area (Å²) in [6.45, 7) is 8.11. The maximum Gasteiger partial charge on any atom is 0.222 e. The number of carbonyl (C=O) groups is 1. The summed E-state index contributed by atoms with van der Waals surface area (Å²) >= 11 is 0. The van der Waals surface area contributed by atoms with Gasteiger partial charge in [-0.25, -0.2) is 0 Å². The number of amides is 1. The molecule has 1 aromatic carbocycles.